The number of hydrogen-bond acceptors (Lipinski definition) is 3. The maximum Gasteiger partial charge on any atom is 0.352 e. The topological polar surface area (TPSA) is 87.2 Å². The summed E-state index contributed by atoms with van der Waals surface area (Å²) in [5, 5.41) is 10.1. The van der Waals surface area contributed by atoms with Crippen LogP contribution in [0.15, 0.2) is 42.5 Å². The number of nitrogens with one attached hydrogen (secondary N) is 1. The monoisotopic (exact) mass is 347 g/mol. The van der Waals surface area contributed by atoms with Gasteiger partial charge in [-0.1, -0.05) is 30.3 Å². The van der Waals surface area contributed by atoms with Gasteiger partial charge in [0.2, 0.25) is 0 Å². The lowest BCUT2D eigenvalue weighted by molar-refractivity contribution is 0.0692. The van der Waals surface area contributed by atoms with Gasteiger partial charge in [-0.25, -0.2) is 17.6 Å². The Morgan fingerprint density at radius 2 is 1.92 bits per heavy atom. The number of aromatic nitrogens is 1. The number of fused-ring (bicyclic) bond motifs is 1. The number of H-pyrrole nitrogens is 1. The van der Waals surface area contributed by atoms with Crippen molar-refractivity contribution in [1.29, 1.82) is 0 Å². The molecule has 24 heavy (non-hydrogen) atoms. The number of carboxylic acid groups (broad SMARTS) is 1. The summed E-state index contributed by atoms with van der Waals surface area (Å²) in [4.78, 5) is 14.3. The number of para-hydroxylation sites is 1. The van der Waals surface area contributed by atoms with Crippen molar-refractivity contribution >= 4 is 26.7 Å². The third-order valence-corrected chi connectivity index (χ3v) is 4.51. The van der Waals surface area contributed by atoms with E-state index in [4.69, 9.17) is 0 Å². The van der Waals surface area contributed by atoms with Gasteiger partial charge >= 0.3 is 5.97 Å². The molecule has 0 amide bonds. The van der Waals surface area contributed by atoms with Gasteiger partial charge in [0.15, 0.2) is 9.84 Å². The number of aromatic carboxylic acids is 1. The highest BCUT2D eigenvalue weighted by atomic mass is 32.2. The van der Waals surface area contributed by atoms with Gasteiger partial charge in [0.25, 0.3) is 0 Å². The van der Waals surface area contributed by atoms with Gasteiger partial charge in [-0.2, -0.15) is 0 Å². The Hall–Kier alpha value is -2.67. The quantitative estimate of drug-likeness (QED) is 0.759. The highest BCUT2D eigenvalue weighted by Gasteiger charge is 2.20. The third-order valence-electron chi connectivity index (χ3n) is 3.68. The fraction of sp³-hybridized carbons (Fsp3) is 0.118. The first kappa shape index (κ1) is 16.2. The van der Waals surface area contributed by atoms with Crippen LogP contribution in [0.4, 0.5) is 4.39 Å². The Labute approximate surface area is 137 Å². The molecule has 0 radical (unpaired) electrons. The average molecular weight is 347 g/mol. The number of halogens is 1. The van der Waals surface area contributed by atoms with Gasteiger partial charge in [0.1, 0.15) is 11.5 Å². The van der Waals surface area contributed by atoms with Gasteiger partial charge in [-0.05, 0) is 17.7 Å². The van der Waals surface area contributed by atoms with Crippen LogP contribution >= 0.6 is 0 Å². The Kier molecular flexibility index (Phi) is 3.88. The van der Waals surface area contributed by atoms with Crippen LogP contribution in [0.3, 0.4) is 0 Å². The second-order valence-electron chi connectivity index (χ2n) is 5.60. The van der Waals surface area contributed by atoms with Crippen molar-refractivity contribution in [2.24, 2.45) is 0 Å². The second kappa shape index (κ2) is 5.76. The Balaban J connectivity index is 2.19. The molecule has 0 fully saturated rings. The van der Waals surface area contributed by atoms with Crippen LogP contribution in [0, 0.1) is 5.82 Å². The summed E-state index contributed by atoms with van der Waals surface area (Å²) in [5.41, 5.74) is 1.40. The zero-order valence-corrected chi connectivity index (χ0v) is 13.5. The molecule has 0 unspecified atom stereocenters. The van der Waals surface area contributed by atoms with E-state index >= 15 is 0 Å². The van der Waals surface area contributed by atoms with E-state index < -0.39 is 27.4 Å². The van der Waals surface area contributed by atoms with Gasteiger partial charge in [-0.15, -0.1) is 0 Å². The van der Waals surface area contributed by atoms with Crippen LogP contribution in [-0.4, -0.2) is 30.7 Å². The van der Waals surface area contributed by atoms with Gasteiger partial charge < -0.3 is 10.1 Å². The summed E-state index contributed by atoms with van der Waals surface area (Å²) >= 11 is 0. The fourth-order valence-corrected chi connectivity index (χ4v) is 3.50. The zero-order valence-electron chi connectivity index (χ0n) is 12.7. The molecule has 0 aliphatic rings. The van der Waals surface area contributed by atoms with E-state index in [-0.39, 0.29) is 11.3 Å². The molecule has 1 aromatic heterocycles. The van der Waals surface area contributed by atoms with Crippen LogP contribution in [0.2, 0.25) is 0 Å². The van der Waals surface area contributed by atoms with Crippen molar-refractivity contribution in [3.05, 3.63) is 59.5 Å². The lowest BCUT2D eigenvalue weighted by Gasteiger charge is -2.06. The summed E-state index contributed by atoms with van der Waals surface area (Å²) in [6.45, 7) is 0. The highest BCUT2D eigenvalue weighted by molar-refractivity contribution is 7.89. The Morgan fingerprint density at radius 1 is 1.21 bits per heavy atom. The summed E-state index contributed by atoms with van der Waals surface area (Å²) in [6, 6.07) is 11.1. The molecule has 0 aliphatic heterocycles. The largest absolute Gasteiger partial charge is 0.477 e. The van der Waals surface area contributed by atoms with E-state index in [1.807, 2.05) is 0 Å². The van der Waals surface area contributed by atoms with E-state index in [9.17, 15) is 22.7 Å². The van der Waals surface area contributed by atoms with Gasteiger partial charge in [-0.3, -0.25) is 0 Å². The third kappa shape index (κ3) is 3.03. The standard InChI is InChI=1S/C17H14FNO4S/c1-24(22,23)9-11-7-6-10(8-13(11)18)15-12-4-2-3-5-14(12)19-16(15)17(20)21/h2-8,19H,9H2,1H3,(H,20,21). The molecule has 5 nitrogen and oxygen atoms in total. The first-order valence-electron chi connectivity index (χ1n) is 7.07. The number of carboxylic acids is 1. The molecule has 0 spiro atoms. The summed E-state index contributed by atoms with van der Waals surface area (Å²) < 4.78 is 37.0. The molecular weight excluding hydrogens is 333 g/mol. The molecule has 0 atom stereocenters. The van der Waals surface area contributed by atoms with Gasteiger partial charge in [0, 0.05) is 28.3 Å². The first-order chi connectivity index (χ1) is 11.3. The molecule has 1 heterocycles. The number of rotatable bonds is 4. The van der Waals surface area contributed by atoms with Crippen LogP contribution in [0.5, 0.6) is 0 Å². The predicted octanol–water partition coefficient (Wildman–Crippen LogP) is 3.22. The van der Waals surface area contributed by atoms with Crippen molar-refractivity contribution in [2.45, 2.75) is 5.75 Å². The van der Waals surface area contributed by atoms with Crippen LogP contribution in [0.1, 0.15) is 16.1 Å². The lowest BCUT2D eigenvalue weighted by Crippen LogP contribution is -2.03. The van der Waals surface area contributed by atoms with Crippen molar-refractivity contribution in [1.82, 2.24) is 4.98 Å². The Morgan fingerprint density at radius 3 is 2.54 bits per heavy atom. The maximum absolute atomic E-state index is 14.3. The minimum atomic E-state index is -3.36. The molecule has 2 N–H and O–H groups in total. The maximum atomic E-state index is 14.3. The van der Waals surface area contributed by atoms with E-state index in [2.05, 4.69) is 4.98 Å². The van der Waals surface area contributed by atoms with Gasteiger partial charge in [0.05, 0.1) is 5.75 Å². The zero-order chi connectivity index (χ0) is 17.5. The minimum Gasteiger partial charge on any atom is -0.477 e. The van der Waals surface area contributed by atoms with Crippen LogP contribution < -0.4 is 0 Å². The number of carbonyl (C=O) groups is 1. The highest BCUT2D eigenvalue weighted by Crippen LogP contribution is 2.33. The normalized spacial score (nSPS) is 11.8. The van der Waals surface area contributed by atoms with E-state index in [0.717, 1.165) is 6.26 Å². The lowest BCUT2D eigenvalue weighted by atomic mass is 10.0. The average Bonchev–Trinajstić information content (AvgIpc) is 2.88. The number of aromatic amines is 1. The summed E-state index contributed by atoms with van der Waals surface area (Å²) in [6.07, 6.45) is 1.03. The molecular formula is C17H14FNO4S. The molecule has 0 saturated heterocycles. The molecule has 3 rings (SSSR count). The molecule has 7 heteroatoms. The molecule has 0 aliphatic carbocycles. The fourth-order valence-electron chi connectivity index (χ4n) is 2.70. The summed E-state index contributed by atoms with van der Waals surface area (Å²) in [5.74, 6) is -2.24. The molecule has 2 aromatic carbocycles. The first-order valence-corrected chi connectivity index (χ1v) is 9.13. The smallest absolute Gasteiger partial charge is 0.352 e. The van der Waals surface area contributed by atoms with Crippen LogP contribution in [0.25, 0.3) is 22.0 Å². The van der Waals surface area contributed by atoms with Crippen molar-refractivity contribution in [3.63, 3.8) is 0 Å². The molecule has 124 valence electrons. The van der Waals surface area contributed by atoms with Crippen molar-refractivity contribution in [2.75, 3.05) is 6.26 Å². The molecule has 3 aromatic rings. The van der Waals surface area contributed by atoms with E-state index in [0.29, 0.717) is 22.0 Å². The minimum absolute atomic E-state index is 0.0357. The van der Waals surface area contributed by atoms with Crippen molar-refractivity contribution < 1.29 is 22.7 Å². The molecule has 0 bridgehead atoms. The number of benzene rings is 2. The predicted molar refractivity (Wildman–Crippen MR) is 89.2 cm³/mol. The SMILES string of the molecule is CS(=O)(=O)Cc1ccc(-c2c(C(=O)O)[nH]c3ccccc23)cc1F. The van der Waals surface area contributed by atoms with Crippen LogP contribution in [-0.2, 0) is 15.6 Å². The Bertz CT molecular complexity index is 1050. The van der Waals surface area contributed by atoms with Crippen molar-refractivity contribution in [3.8, 4) is 11.1 Å². The number of hydrogen-bond donors (Lipinski definition) is 2. The second-order valence-corrected chi connectivity index (χ2v) is 7.74. The summed E-state index contributed by atoms with van der Waals surface area (Å²) in [7, 11) is -3.36. The van der Waals surface area contributed by atoms with E-state index in [1.54, 1.807) is 24.3 Å². The molecule has 0 saturated carbocycles. The van der Waals surface area contributed by atoms with E-state index in [1.165, 1.54) is 18.2 Å². The number of sulfone groups is 1.